The summed E-state index contributed by atoms with van der Waals surface area (Å²) in [4.78, 5) is 14.1. The molecule has 0 aliphatic rings. The van der Waals surface area contributed by atoms with E-state index in [1.165, 1.54) is 11.0 Å². The molecule has 1 amide bonds. The van der Waals surface area contributed by atoms with Gasteiger partial charge in [0.25, 0.3) is 5.91 Å². The zero-order valence-corrected chi connectivity index (χ0v) is 14.2. The molecule has 0 radical (unpaired) electrons. The quantitative estimate of drug-likeness (QED) is 0.715. The molecule has 1 heterocycles. The Morgan fingerprint density at radius 2 is 1.88 bits per heavy atom. The summed E-state index contributed by atoms with van der Waals surface area (Å²) in [7, 11) is 1.74. The molecule has 0 atom stereocenters. The van der Waals surface area contributed by atoms with Crippen LogP contribution in [0.3, 0.4) is 0 Å². The molecule has 0 unspecified atom stereocenters. The van der Waals surface area contributed by atoms with E-state index in [-0.39, 0.29) is 5.91 Å². The van der Waals surface area contributed by atoms with Crippen molar-refractivity contribution in [2.45, 2.75) is 6.54 Å². The molecule has 2 aromatic carbocycles. The molecule has 3 aromatic rings. The molecule has 122 valence electrons. The number of carbonyl (C=O) groups excluding carboxylic acids is 1. The van der Waals surface area contributed by atoms with Gasteiger partial charge >= 0.3 is 0 Å². The van der Waals surface area contributed by atoms with E-state index in [1.54, 1.807) is 48.3 Å². The number of amides is 1. The fraction of sp³-hybridized carbons (Fsp3) is 0.125. The van der Waals surface area contributed by atoms with Crippen LogP contribution in [0.4, 0.5) is 0 Å². The van der Waals surface area contributed by atoms with Crippen molar-refractivity contribution in [3.8, 4) is 5.69 Å². The molecular weight excluding hydrogens is 349 g/mol. The van der Waals surface area contributed by atoms with Gasteiger partial charge in [0.2, 0.25) is 0 Å². The van der Waals surface area contributed by atoms with Crippen molar-refractivity contribution in [1.29, 1.82) is 0 Å². The van der Waals surface area contributed by atoms with Crippen LogP contribution in [0.2, 0.25) is 10.0 Å². The van der Waals surface area contributed by atoms with Gasteiger partial charge in [-0.1, -0.05) is 29.3 Å². The maximum atomic E-state index is 12.5. The summed E-state index contributed by atoms with van der Waals surface area (Å²) in [6.45, 7) is 0.435. The van der Waals surface area contributed by atoms with Crippen molar-refractivity contribution in [2.75, 3.05) is 7.05 Å². The van der Waals surface area contributed by atoms with Crippen LogP contribution >= 0.6 is 23.2 Å². The van der Waals surface area contributed by atoms with E-state index in [2.05, 4.69) is 15.5 Å². The Kier molecular flexibility index (Phi) is 4.78. The van der Waals surface area contributed by atoms with Gasteiger partial charge in [-0.05, 0) is 52.4 Å². The van der Waals surface area contributed by atoms with E-state index < -0.39 is 0 Å². The lowest BCUT2D eigenvalue weighted by molar-refractivity contribution is 0.0785. The number of halogens is 2. The molecule has 0 aliphatic heterocycles. The number of benzene rings is 2. The van der Waals surface area contributed by atoms with Gasteiger partial charge in [0, 0.05) is 19.2 Å². The van der Waals surface area contributed by atoms with Crippen LogP contribution in [0.5, 0.6) is 0 Å². The molecule has 0 aliphatic carbocycles. The minimum absolute atomic E-state index is 0.0932. The van der Waals surface area contributed by atoms with Crippen molar-refractivity contribution in [1.82, 2.24) is 25.1 Å². The fourth-order valence-electron chi connectivity index (χ4n) is 2.24. The third kappa shape index (κ3) is 3.55. The smallest absolute Gasteiger partial charge is 0.253 e. The van der Waals surface area contributed by atoms with Gasteiger partial charge in [0.15, 0.2) is 0 Å². The van der Waals surface area contributed by atoms with Crippen molar-refractivity contribution < 1.29 is 4.79 Å². The normalized spacial score (nSPS) is 10.6. The lowest BCUT2D eigenvalue weighted by Gasteiger charge is -2.18. The van der Waals surface area contributed by atoms with Gasteiger partial charge in [-0.15, -0.1) is 5.10 Å². The SMILES string of the molecule is CN(Cc1ccc(Cl)c(Cl)c1)C(=O)c1ccc(-n2cnnn2)cc1. The number of hydrogen-bond donors (Lipinski definition) is 0. The second-order valence-electron chi connectivity index (χ2n) is 5.21. The summed E-state index contributed by atoms with van der Waals surface area (Å²) in [6, 6.07) is 12.4. The first kappa shape index (κ1) is 16.4. The zero-order chi connectivity index (χ0) is 17.1. The molecule has 1 aromatic heterocycles. The summed E-state index contributed by atoms with van der Waals surface area (Å²) < 4.78 is 1.52. The molecule has 24 heavy (non-hydrogen) atoms. The number of hydrogen-bond acceptors (Lipinski definition) is 4. The predicted octanol–water partition coefficient (Wildman–Crippen LogP) is 3.24. The molecular formula is C16H13Cl2N5O. The highest BCUT2D eigenvalue weighted by Gasteiger charge is 2.13. The third-order valence-electron chi connectivity index (χ3n) is 3.48. The molecule has 0 N–H and O–H groups in total. The Balaban J connectivity index is 1.72. The van der Waals surface area contributed by atoms with Crippen LogP contribution in [0.1, 0.15) is 15.9 Å². The first-order valence-corrected chi connectivity index (χ1v) is 7.83. The Bertz CT molecular complexity index is 849. The van der Waals surface area contributed by atoms with Crippen LogP contribution in [0, 0.1) is 0 Å². The lowest BCUT2D eigenvalue weighted by Crippen LogP contribution is -2.26. The van der Waals surface area contributed by atoms with Gasteiger partial charge in [-0.25, -0.2) is 4.68 Å². The number of aromatic nitrogens is 4. The Labute approximate surface area is 148 Å². The van der Waals surface area contributed by atoms with E-state index >= 15 is 0 Å². The van der Waals surface area contributed by atoms with Crippen LogP contribution in [0.15, 0.2) is 48.8 Å². The Morgan fingerprint density at radius 3 is 2.50 bits per heavy atom. The molecule has 0 saturated carbocycles. The minimum Gasteiger partial charge on any atom is -0.337 e. The number of carbonyl (C=O) groups is 1. The van der Waals surface area contributed by atoms with Crippen molar-refractivity contribution in [3.63, 3.8) is 0 Å². The summed E-state index contributed by atoms with van der Waals surface area (Å²) in [6.07, 6.45) is 1.49. The van der Waals surface area contributed by atoms with Crippen LogP contribution in [-0.2, 0) is 6.54 Å². The van der Waals surface area contributed by atoms with Crippen LogP contribution in [-0.4, -0.2) is 38.1 Å². The van der Waals surface area contributed by atoms with Gasteiger partial charge in [0.1, 0.15) is 6.33 Å². The molecule has 0 fully saturated rings. The summed E-state index contributed by atoms with van der Waals surface area (Å²) in [5, 5.41) is 11.9. The highest BCUT2D eigenvalue weighted by molar-refractivity contribution is 6.42. The molecule has 8 heteroatoms. The van der Waals surface area contributed by atoms with E-state index in [1.807, 2.05) is 6.07 Å². The molecule has 0 bridgehead atoms. The van der Waals surface area contributed by atoms with Crippen molar-refractivity contribution in [3.05, 3.63) is 70.0 Å². The van der Waals surface area contributed by atoms with Crippen molar-refractivity contribution >= 4 is 29.1 Å². The van der Waals surface area contributed by atoms with E-state index in [0.29, 0.717) is 22.2 Å². The second-order valence-corrected chi connectivity index (χ2v) is 6.03. The van der Waals surface area contributed by atoms with Gasteiger partial charge in [0.05, 0.1) is 15.7 Å². The third-order valence-corrected chi connectivity index (χ3v) is 4.22. The van der Waals surface area contributed by atoms with Crippen LogP contribution in [0.25, 0.3) is 5.69 Å². The maximum Gasteiger partial charge on any atom is 0.253 e. The number of tetrazole rings is 1. The fourth-order valence-corrected chi connectivity index (χ4v) is 2.56. The molecule has 0 saturated heterocycles. The number of rotatable bonds is 4. The highest BCUT2D eigenvalue weighted by Crippen LogP contribution is 2.23. The van der Waals surface area contributed by atoms with Crippen molar-refractivity contribution in [2.24, 2.45) is 0 Å². The lowest BCUT2D eigenvalue weighted by atomic mass is 10.1. The largest absolute Gasteiger partial charge is 0.337 e. The monoisotopic (exact) mass is 361 g/mol. The predicted molar refractivity (Wildman–Crippen MR) is 91.4 cm³/mol. The van der Waals surface area contributed by atoms with Gasteiger partial charge < -0.3 is 4.90 Å². The van der Waals surface area contributed by atoms with Gasteiger partial charge in [-0.2, -0.15) is 0 Å². The average Bonchev–Trinajstić information content (AvgIpc) is 3.12. The minimum atomic E-state index is -0.0932. The highest BCUT2D eigenvalue weighted by atomic mass is 35.5. The first-order chi connectivity index (χ1) is 11.5. The maximum absolute atomic E-state index is 12.5. The van der Waals surface area contributed by atoms with Crippen LogP contribution < -0.4 is 0 Å². The topological polar surface area (TPSA) is 63.9 Å². The zero-order valence-electron chi connectivity index (χ0n) is 12.7. The number of nitrogens with zero attached hydrogens (tertiary/aromatic N) is 5. The summed E-state index contributed by atoms with van der Waals surface area (Å²) in [5.41, 5.74) is 2.27. The van der Waals surface area contributed by atoms with E-state index in [0.717, 1.165) is 11.3 Å². The first-order valence-electron chi connectivity index (χ1n) is 7.07. The Morgan fingerprint density at radius 1 is 1.12 bits per heavy atom. The van der Waals surface area contributed by atoms with E-state index in [9.17, 15) is 4.79 Å². The summed E-state index contributed by atoms with van der Waals surface area (Å²) >= 11 is 11.9. The standard InChI is InChI=1S/C16H13Cl2N5O/c1-22(9-11-2-7-14(17)15(18)8-11)16(24)12-3-5-13(6-4-12)23-10-19-20-21-23/h2-8,10H,9H2,1H3. The van der Waals surface area contributed by atoms with E-state index in [4.69, 9.17) is 23.2 Å². The Hall–Kier alpha value is -2.44. The average molecular weight is 362 g/mol. The molecule has 6 nitrogen and oxygen atoms in total. The second kappa shape index (κ2) is 6.98. The summed E-state index contributed by atoms with van der Waals surface area (Å²) in [5.74, 6) is -0.0932. The van der Waals surface area contributed by atoms with Gasteiger partial charge in [-0.3, -0.25) is 4.79 Å². The molecule has 0 spiro atoms. The molecule has 3 rings (SSSR count).